The molecule has 1 saturated heterocycles. The molecule has 4 heteroatoms. The Labute approximate surface area is 98.3 Å². The van der Waals surface area contributed by atoms with Crippen LogP contribution in [0.4, 0.5) is 0 Å². The summed E-state index contributed by atoms with van der Waals surface area (Å²) in [7, 11) is 0. The van der Waals surface area contributed by atoms with Gasteiger partial charge in [-0.1, -0.05) is 0 Å². The number of hydrogen-bond acceptors (Lipinski definition) is 3. The number of nitrogens with one attached hydrogen (secondary N) is 1. The Morgan fingerprint density at radius 2 is 1.62 bits per heavy atom. The maximum atomic E-state index is 12.3. The van der Waals surface area contributed by atoms with Gasteiger partial charge < -0.3 is 15.0 Å². The van der Waals surface area contributed by atoms with Crippen molar-refractivity contribution in [2.75, 3.05) is 26.2 Å². The highest BCUT2D eigenvalue weighted by atomic mass is 16.5. The standard InChI is InChI=1S/C12H24N2O2/c1-11(2,3)16-12(4,5)10(15)14-8-6-13-7-9-14/h13H,6-9H2,1-5H3. The number of hydrogen-bond donors (Lipinski definition) is 1. The van der Waals surface area contributed by atoms with E-state index in [2.05, 4.69) is 5.32 Å². The fraction of sp³-hybridized carbons (Fsp3) is 0.917. The van der Waals surface area contributed by atoms with Gasteiger partial charge in [0.05, 0.1) is 5.60 Å². The molecule has 1 aliphatic heterocycles. The van der Waals surface area contributed by atoms with Crippen LogP contribution in [-0.4, -0.2) is 48.2 Å². The first-order valence-electron chi connectivity index (χ1n) is 5.93. The third-order valence-corrected chi connectivity index (χ3v) is 2.48. The molecule has 0 aliphatic carbocycles. The molecular formula is C12H24N2O2. The van der Waals surface area contributed by atoms with E-state index in [4.69, 9.17) is 4.74 Å². The van der Waals surface area contributed by atoms with Crippen molar-refractivity contribution in [2.24, 2.45) is 0 Å². The maximum absolute atomic E-state index is 12.3. The van der Waals surface area contributed by atoms with E-state index < -0.39 is 5.60 Å². The number of piperazine rings is 1. The molecule has 0 aromatic rings. The molecule has 0 radical (unpaired) electrons. The minimum absolute atomic E-state index is 0.0870. The molecule has 0 bridgehead atoms. The molecule has 0 aromatic heterocycles. The Hall–Kier alpha value is -0.610. The van der Waals surface area contributed by atoms with Gasteiger partial charge in [-0.25, -0.2) is 0 Å². The zero-order chi connectivity index (χ0) is 12.4. The molecule has 94 valence electrons. The average molecular weight is 228 g/mol. The molecular weight excluding hydrogens is 204 g/mol. The summed E-state index contributed by atoms with van der Waals surface area (Å²) >= 11 is 0. The van der Waals surface area contributed by atoms with Crippen LogP contribution in [0.2, 0.25) is 0 Å². The number of ether oxygens (including phenoxy) is 1. The SMILES string of the molecule is CC(C)(C)OC(C)(C)C(=O)N1CCNCC1. The molecule has 0 atom stereocenters. The van der Waals surface area contributed by atoms with Crippen LogP contribution < -0.4 is 5.32 Å². The number of carbonyl (C=O) groups excluding carboxylic acids is 1. The van der Waals surface area contributed by atoms with Crippen molar-refractivity contribution in [1.82, 2.24) is 10.2 Å². The third kappa shape index (κ3) is 3.76. The summed E-state index contributed by atoms with van der Waals surface area (Å²) in [6.45, 7) is 12.9. The molecule has 1 aliphatic rings. The second kappa shape index (κ2) is 4.72. The van der Waals surface area contributed by atoms with Crippen LogP contribution >= 0.6 is 0 Å². The summed E-state index contributed by atoms with van der Waals surface area (Å²) in [5.41, 5.74) is -1.04. The smallest absolute Gasteiger partial charge is 0.254 e. The normalized spacial score (nSPS) is 18.7. The molecule has 0 aromatic carbocycles. The van der Waals surface area contributed by atoms with Crippen LogP contribution in [0.1, 0.15) is 34.6 Å². The molecule has 1 rings (SSSR count). The molecule has 1 heterocycles. The monoisotopic (exact) mass is 228 g/mol. The van der Waals surface area contributed by atoms with Gasteiger partial charge in [0.15, 0.2) is 0 Å². The van der Waals surface area contributed by atoms with Crippen LogP contribution in [0.3, 0.4) is 0 Å². The molecule has 4 nitrogen and oxygen atoms in total. The lowest BCUT2D eigenvalue weighted by Crippen LogP contribution is -2.55. The van der Waals surface area contributed by atoms with Crippen LogP contribution in [0.5, 0.6) is 0 Å². The van der Waals surface area contributed by atoms with E-state index in [1.807, 2.05) is 39.5 Å². The van der Waals surface area contributed by atoms with Gasteiger partial charge in [0, 0.05) is 26.2 Å². The van der Waals surface area contributed by atoms with Crippen LogP contribution in [0.15, 0.2) is 0 Å². The number of rotatable bonds is 2. The van der Waals surface area contributed by atoms with Crippen molar-refractivity contribution in [1.29, 1.82) is 0 Å². The van der Waals surface area contributed by atoms with E-state index in [1.165, 1.54) is 0 Å². The lowest BCUT2D eigenvalue weighted by Gasteiger charge is -2.38. The molecule has 1 amide bonds. The maximum Gasteiger partial charge on any atom is 0.254 e. The second-order valence-electron chi connectivity index (χ2n) is 5.77. The van der Waals surface area contributed by atoms with Gasteiger partial charge >= 0.3 is 0 Å². The van der Waals surface area contributed by atoms with Gasteiger partial charge in [0.1, 0.15) is 5.60 Å². The zero-order valence-electron chi connectivity index (χ0n) is 11.1. The molecule has 0 spiro atoms. The predicted molar refractivity (Wildman–Crippen MR) is 64.4 cm³/mol. The summed E-state index contributed by atoms with van der Waals surface area (Å²) in [5, 5.41) is 3.23. The number of amides is 1. The lowest BCUT2D eigenvalue weighted by atomic mass is 10.0. The molecule has 1 N–H and O–H groups in total. The number of carbonyl (C=O) groups is 1. The Balaban J connectivity index is 2.63. The van der Waals surface area contributed by atoms with Crippen molar-refractivity contribution < 1.29 is 9.53 Å². The van der Waals surface area contributed by atoms with Gasteiger partial charge in [-0.3, -0.25) is 4.79 Å². The number of nitrogens with zero attached hydrogens (tertiary/aromatic N) is 1. The first-order valence-corrected chi connectivity index (χ1v) is 5.93. The van der Waals surface area contributed by atoms with Gasteiger partial charge in [-0.05, 0) is 34.6 Å². The summed E-state index contributed by atoms with van der Waals surface area (Å²) in [4.78, 5) is 14.1. The quantitative estimate of drug-likeness (QED) is 0.767. The zero-order valence-corrected chi connectivity index (χ0v) is 11.1. The Morgan fingerprint density at radius 3 is 2.06 bits per heavy atom. The van der Waals surface area contributed by atoms with Gasteiger partial charge in [0.25, 0.3) is 5.91 Å². The van der Waals surface area contributed by atoms with E-state index >= 15 is 0 Å². The van der Waals surface area contributed by atoms with Crippen molar-refractivity contribution in [3.8, 4) is 0 Å². The Morgan fingerprint density at radius 1 is 1.12 bits per heavy atom. The van der Waals surface area contributed by atoms with Crippen LogP contribution in [0, 0.1) is 0 Å². The van der Waals surface area contributed by atoms with Gasteiger partial charge in [-0.2, -0.15) is 0 Å². The highest BCUT2D eigenvalue weighted by molar-refractivity contribution is 5.84. The molecule has 16 heavy (non-hydrogen) atoms. The summed E-state index contributed by atoms with van der Waals surface area (Å²) in [5.74, 6) is 0.0870. The third-order valence-electron chi connectivity index (χ3n) is 2.48. The molecule has 0 saturated carbocycles. The largest absolute Gasteiger partial charge is 0.360 e. The van der Waals surface area contributed by atoms with Crippen molar-refractivity contribution >= 4 is 5.91 Å². The summed E-state index contributed by atoms with van der Waals surface area (Å²) in [6.07, 6.45) is 0. The highest BCUT2D eigenvalue weighted by Gasteiger charge is 2.36. The van der Waals surface area contributed by atoms with E-state index in [1.54, 1.807) is 0 Å². The van der Waals surface area contributed by atoms with E-state index in [0.29, 0.717) is 0 Å². The first-order chi connectivity index (χ1) is 7.22. The summed E-state index contributed by atoms with van der Waals surface area (Å²) in [6, 6.07) is 0. The van der Waals surface area contributed by atoms with Crippen molar-refractivity contribution in [3.05, 3.63) is 0 Å². The Bertz CT molecular complexity index is 250. The van der Waals surface area contributed by atoms with Crippen molar-refractivity contribution in [3.63, 3.8) is 0 Å². The average Bonchev–Trinajstić information content (AvgIpc) is 2.14. The fourth-order valence-electron chi connectivity index (χ4n) is 2.06. The van der Waals surface area contributed by atoms with Crippen LogP contribution in [0.25, 0.3) is 0 Å². The minimum Gasteiger partial charge on any atom is -0.360 e. The van der Waals surface area contributed by atoms with Gasteiger partial charge in [0.2, 0.25) is 0 Å². The van der Waals surface area contributed by atoms with E-state index in [-0.39, 0.29) is 11.5 Å². The molecule has 0 unspecified atom stereocenters. The predicted octanol–water partition coefficient (Wildman–Crippen LogP) is 1.01. The lowest BCUT2D eigenvalue weighted by molar-refractivity contribution is -0.170. The second-order valence-corrected chi connectivity index (χ2v) is 5.77. The molecule has 1 fully saturated rings. The topological polar surface area (TPSA) is 41.6 Å². The van der Waals surface area contributed by atoms with Crippen LogP contribution in [-0.2, 0) is 9.53 Å². The van der Waals surface area contributed by atoms with Gasteiger partial charge in [-0.15, -0.1) is 0 Å². The fourth-order valence-corrected chi connectivity index (χ4v) is 2.06. The minimum atomic E-state index is -0.740. The Kier molecular flexibility index (Phi) is 3.97. The van der Waals surface area contributed by atoms with E-state index in [0.717, 1.165) is 26.2 Å². The van der Waals surface area contributed by atoms with Crippen molar-refractivity contribution in [2.45, 2.75) is 45.8 Å². The highest BCUT2D eigenvalue weighted by Crippen LogP contribution is 2.22. The first kappa shape index (κ1) is 13.5. The summed E-state index contributed by atoms with van der Waals surface area (Å²) < 4.78 is 5.83. The van der Waals surface area contributed by atoms with E-state index in [9.17, 15) is 4.79 Å².